The van der Waals surface area contributed by atoms with E-state index in [1.165, 1.54) is 5.56 Å². The Labute approximate surface area is 202 Å². The van der Waals surface area contributed by atoms with Gasteiger partial charge in [-0.2, -0.15) is 0 Å². The highest BCUT2D eigenvalue weighted by Gasteiger charge is 2.28. The number of hydrogen-bond donors (Lipinski definition) is 1. The number of halogens is 1. The van der Waals surface area contributed by atoms with E-state index in [0.717, 1.165) is 64.0 Å². The maximum absolute atomic E-state index is 4.60. The number of likely N-dealkylation sites (N-methyl/N-ethyl adjacent to an activating group) is 1. The minimum absolute atomic E-state index is 0. The van der Waals surface area contributed by atoms with Gasteiger partial charge >= 0.3 is 0 Å². The molecule has 0 spiro atoms. The molecule has 0 amide bonds. The fourth-order valence-corrected chi connectivity index (χ4v) is 4.39. The number of anilines is 1. The third-order valence-electron chi connectivity index (χ3n) is 6.43. The molecule has 0 bridgehead atoms. The minimum Gasteiger partial charge on any atom is -0.354 e. The lowest BCUT2D eigenvalue weighted by Gasteiger charge is -2.39. The smallest absolute Gasteiger partial charge is 0.193 e. The minimum atomic E-state index is 0. The molecule has 2 aromatic heterocycles. The van der Waals surface area contributed by atoms with Crippen molar-refractivity contribution in [2.45, 2.75) is 25.9 Å². The Morgan fingerprint density at radius 3 is 2.71 bits per heavy atom. The second kappa shape index (κ2) is 11.1. The van der Waals surface area contributed by atoms with Crippen molar-refractivity contribution in [2.24, 2.45) is 10.9 Å². The van der Waals surface area contributed by atoms with Crippen LogP contribution in [0.5, 0.6) is 0 Å². The van der Waals surface area contributed by atoms with Crippen LogP contribution in [0.15, 0.2) is 42.0 Å². The number of pyridine rings is 1. The fraction of sp³-hybridized carbons (Fsp3) is 0.591. The first-order valence-electron chi connectivity index (χ1n) is 11.0. The summed E-state index contributed by atoms with van der Waals surface area (Å²) in [5.74, 6) is 2.66. The highest BCUT2D eigenvalue weighted by molar-refractivity contribution is 14.0. The number of imidazole rings is 1. The lowest BCUT2D eigenvalue weighted by Crippen LogP contribution is -2.48. The topological polar surface area (TPSA) is 64.8 Å². The maximum atomic E-state index is 4.60. The van der Waals surface area contributed by atoms with Crippen LogP contribution >= 0.6 is 24.0 Å². The number of rotatable bonds is 4. The summed E-state index contributed by atoms with van der Waals surface area (Å²) in [5.41, 5.74) is 1.23. The van der Waals surface area contributed by atoms with Gasteiger partial charge in [0.1, 0.15) is 5.82 Å². The van der Waals surface area contributed by atoms with Crippen LogP contribution in [-0.2, 0) is 6.54 Å². The summed E-state index contributed by atoms with van der Waals surface area (Å²) >= 11 is 0. The van der Waals surface area contributed by atoms with Gasteiger partial charge in [-0.05, 0) is 37.1 Å². The highest BCUT2D eigenvalue weighted by Crippen LogP contribution is 2.27. The summed E-state index contributed by atoms with van der Waals surface area (Å²) in [7, 11) is 4.05. The van der Waals surface area contributed by atoms with Crippen LogP contribution in [-0.4, -0.2) is 83.7 Å². The van der Waals surface area contributed by atoms with E-state index in [4.69, 9.17) is 0 Å². The molecule has 2 aromatic rings. The first kappa shape index (κ1) is 23.8. The predicted octanol–water partition coefficient (Wildman–Crippen LogP) is 2.31. The average molecular weight is 538 g/mol. The van der Waals surface area contributed by atoms with Gasteiger partial charge in [-0.15, -0.1) is 24.0 Å². The molecule has 9 heteroatoms. The molecule has 2 saturated heterocycles. The van der Waals surface area contributed by atoms with Gasteiger partial charge in [-0.25, -0.2) is 9.97 Å². The number of piperidine rings is 1. The number of nitrogens with one attached hydrogen (secondary N) is 1. The van der Waals surface area contributed by atoms with Gasteiger partial charge in [0.25, 0.3) is 0 Å². The van der Waals surface area contributed by atoms with Gasteiger partial charge < -0.3 is 24.6 Å². The SMILES string of the molecule is CN=C(NCc1ccnc(N2CCN(C)CC2)c1)N1CCC(C)C(n2ccnc2)C1.I. The summed E-state index contributed by atoms with van der Waals surface area (Å²) in [4.78, 5) is 20.5. The summed E-state index contributed by atoms with van der Waals surface area (Å²) in [6.07, 6.45) is 8.92. The monoisotopic (exact) mass is 538 g/mol. The fourth-order valence-electron chi connectivity index (χ4n) is 4.39. The van der Waals surface area contributed by atoms with E-state index in [0.29, 0.717) is 12.0 Å². The standard InChI is InChI=1S/C22H34N8.HI/c1-18-5-8-29(16-20(18)30-9-7-24-17-30)22(23-2)26-15-19-4-6-25-21(14-19)28-12-10-27(3)11-13-28;/h4,6-7,9,14,17-18,20H,5,8,10-13,15-16H2,1-3H3,(H,23,26);1H. The number of aliphatic imine (C=N–C) groups is 1. The number of guanidine groups is 1. The maximum Gasteiger partial charge on any atom is 0.193 e. The van der Waals surface area contributed by atoms with Gasteiger partial charge in [0.2, 0.25) is 0 Å². The molecule has 0 aliphatic carbocycles. The largest absolute Gasteiger partial charge is 0.354 e. The molecular weight excluding hydrogens is 503 g/mol. The molecule has 0 saturated carbocycles. The van der Waals surface area contributed by atoms with E-state index in [2.05, 4.69) is 71.8 Å². The Morgan fingerprint density at radius 1 is 1.19 bits per heavy atom. The number of aromatic nitrogens is 3. The molecule has 4 rings (SSSR count). The zero-order valence-electron chi connectivity index (χ0n) is 18.8. The molecule has 2 fully saturated rings. The Hall–Kier alpha value is -1.88. The molecule has 2 atom stereocenters. The van der Waals surface area contributed by atoms with Crippen LogP contribution in [0.1, 0.15) is 24.9 Å². The van der Waals surface area contributed by atoms with Crippen LogP contribution in [0.3, 0.4) is 0 Å². The van der Waals surface area contributed by atoms with Crippen molar-refractivity contribution < 1.29 is 0 Å². The molecule has 31 heavy (non-hydrogen) atoms. The van der Waals surface area contributed by atoms with E-state index >= 15 is 0 Å². The van der Waals surface area contributed by atoms with Gasteiger partial charge in [-0.3, -0.25) is 4.99 Å². The summed E-state index contributed by atoms with van der Waals surface area (Å²) < 4.78 is 2.23. The van der Waals surface area contributed by atoms with E-state index in [1.807, 2.05) is 25.8 Å². The summed E-state index contributed by atoms with van der Waals surface area (Å²) in [5, 5.41) is 3.57. The van der Waals surface area contributed by atoms with E-state index in [1.54, 1.807) is 0 Å². The number of hydrogen-bond acceptors (Lipinski definition) is 5. The Balaban J connectivity index is 0.00000272. The van der Waals surface area contributed by atoms with Crippen molar-refractivity contribution in [3.8, 4) is 0 Å². The Kier molecular flexibility index (Phi) is 8.53. The Bertz CT molecular complexity index is 832. The number of likely N-dealkylation sites (tertiary alicyclic amines) is 1. The van der Waals surface area contributed by atoms with Crippen LogP contribution in [0.2, 0.25) is 0 Å². The number of nitrogens with zero attached hydrogens (tertiary/aromatic N) is 7. The van der Waals surface area contributed by atoms with E-state index in [-0.39, 0.29) is 24.0 Å². The Morgan fingerprint density at radius 2 is 2.00 bits per heavy atom. The molecule has 1 N–H and O–H groups in total. The second-order valence-electron chi connectivity index (χ2n) is 8.50. The third kappa shape index (κ3) is 5.88. The molecule has 4 heterocycles. The van der Waals surface area contributed by atoms with Crippen LogP contribution in [0.25, 0.3) is 0 Å². The van der Waals surface area contributed by atoms with Crippen molar-refractivity contribution in [1.82, 2.24) is 29.7 Å². The quantitative estimate of drug-likeness (QED) is 0.367. The van der Waals surface area contributed by atoms with Crippen molar-refractivity contribution in [2.75, 3.05) is 58.3 Å². The predicted molar refractivity (Wildman–Crippen MR) is 136 cm³/mol. The first-order chi connectivity index (χ1) is 14.6. The van der Waals surface area contributed by atoms with Crippen molar-refractivity contribution in [3.05, 3.63) is 42.6 Å². The zero-order chi connectivity index (χ0) is 20.9. The molecule has 0 aromatic carbocycles. The normalized spacial score (nSPS) is 22.9. The van der Waals surface area contributed by atoms with Crippen molar-refractivity contribution >= 4 is 35.8 Å². The van der Waals surface area contributed by atoms with E-state index in [9.17, 15) is 0 Å². The summed E-state index contributed by atoms with van der Waals surface area (Å²) in [6.45, 7) is 9.28. The third-order valence-corrected chi connectivity index (χ3v) is 6.43. The zero-order valence-corrected chi connectivity index (χ0v) is 21.1. The van der Waals surface area contributed by atoms with Gasteiger partial charge in [0.05, 0.1) is 12.4 Å². The van der Waals surface area contributed by atoms with Crippen LogP contribution in [0, 0.1) is 5.92 Å². The van der Waals surface area contributed by atoms with Crippen LogP contribution in [0.4, 0.5) is 5.82 Å². The lowest BCUT2D eigenvalue weighted by atomic mass is 9.93. The number of piperazine rings is 1. The van der Waals surface area contributed by atoms with E-state index < -0.39 is 0 Å². The van der Waals surface area contributed by atoms with Gasteiger partial charge in [-0.1, -0.05) is 6.92 Å². The molecule has 2 aliphatic rings. The summed E-state index contributed by atoms with van der Waals surface area (Å²) in [6, 6.07) is 4.72. The second-order valence-corrected chi connectivity index (χ2v) is 8.50. The highest BCUT2D eigenvalue weighted by atomic mass is 127. The lowest BCUT2D eigenvalue weighted by molar-refractivity contribution is 0.189. The van der Waals surface area contributed by atoms with Crippen molar-refractivity contribution in [3.63, 3.8) is 0 Å². The molecule has 2 aliphatic heterocycles. The molecule has 8 nitrogen and oxygen atoms in total. The average Bonchev–Trinajstić information content (AvgIpc) is 3.30. The van der Waals surface area contributed by atoms with Gasteiger partial charge in [0, 0.05) is 71.5 Å². The first-order valence-corrected chi connectivity index (χ1v) is 11.0. The van der Waals surface area contributed by atoms with Crippen LogP contribution < -0.4 is 10.2 Å². The molecular formula is C22H35IN8. The van der Waals surface area contributed by atoms with Gasteiger partial charge in [0.15, 0.2) is 5.96 Å². The molecule has 170 valence electrons. The molecule has 2 unspecified atom stereocenters. The van der Waals surface area contributed by atoms with Crippen molar-refractivity contribution in [1.29, 1.82) is 0 Å². The molecule has 0 radical (unpaired) electrons.